The Balaban J connectivity index is 1.39. The zero-order valence-electron chi connectivity index (χ0n) is 13.1. The van der Waals surface area contributed by atoms with Crippen molar-refractivity contribution in [3.8, 4) is 5.82 Å². The van der Waals surface area contributed by atoms with Gasteiger partial charge in [-0.1, -0.05) is 22.0 Å². The van der Waals surface area contributed by atoms with Gasteiger partial charge >= 0.3 is 0 Å². The van der Waals surface area contributed by atoms with Gasteiger partial charge in [0.15, 0.2) is 5.82 Å². The number of nitrogens with zero attached hydrogens (tertiary/aromatic N) is 6. The van der Waals surface area contributed by atoms with Crippen LogP contribution in [0.4, 0.5) is 11.5 Å². The van der Waals surface area contributed by atoms with E-state index in [1.165, 1.54) is 12.7 Å². The molecule has 4 rings (SSSR count). The number of carbonyl (C=O) groups is 1. The van der Waals surface area contributed by atoms with E-state index in [1.807, 2.05) is 35.2 Å². The molecule has 1 saturated heterocycles. The van der Waals surface area contributed by atoms with E-state index in [-0.39, 0.29) is 11.8 Å². The molecule has 0 atom stereocenters. The average Bonchev–Trinajstić information content (AvgIpc) is 3.08. The van der Waals surface area contributed by atoms with Gasteiger partial charge in [-0.3, -0.25) is 4.79 Å². The first-order chi connectivity index (χ1) is 12.2. The van der Waals surface area contributed by atoms with E-state index < -0.39 is 0 Å². The van der Waals surface area contributed by atoms with Crippen molar-refractivity contribution in [2.24, 2.45) is 5.92 Å². The van der Waals surface area contributed by atoms with Crippen molar-refractivity contribution in [2.45, 2.75) is 0 Å². The van der Waals surface area contributed by atoms with Crippen LogP contribution in [0.1, 0.15) is 0 Å². The topological polar surface area (TPSA) is 88.8 Å². The summed E-state index contributed by atoms with van der Waals surface area (Å²) in [7, 11) is 0. The first-order valence-electron chi connectivity index (χ1n) is 7.67. The molecule has 126 valence electrons. The van der Waals surface area contributed by atoms with Gasteiger partial charge in [0.1, 0.15) is 24.8 Å². The van der Waals surface area contributed by atoms with Crippen molar-refractivity contribution in [1.82, 2.24) is 24.7 Å². The SMILES string of the molecule is O=C(Nc1cccc(Br)c1)C1CN(c2cc(-n3cncn3)ncn2)C1. The molecule has 1 N–H and O–H groups in total. The summed E-state index contributed by atoms with van der Waals surface area (Å²) >= 11 is 3.40. The minimum atomic E-state index is -0.0660. The molecule has 0 spiro atoms. The highest BCUT2D eigenvalue weighted by Crippen LogP contribution is 2.25. The Morgan fingerprint density at radius 2 is 2.00 bits per heavy atom. The molecule has 0 unspecified atom stereocenters. The van der Waals surface area contributed by atoms with Gasteiger partial charge in [-0.25, -0.2) is 19.6 Å². The average molecular weight is 400 g/mol. The molecule has 0 bridgehead atoms. The zero-order chi connectivity index (χ0) is 17.2. The molecule has 1 aromatic carbocycles. The summed E-state index contributed by atoms with van der Waals surface area (Å²) in [5, 5.41) is 7.00. The summed E-state index contributed by atoms with van der Waals surface area (Å²) in [5.74, 6) is 1.36. The lowest BCUT2D eigenvalue weighted by Crippen LogP contribution is -2.52. The van der Waals surface area contributed by atoms with Crippen LogP contribution >= 0.6 is 15.9 Å². The Morgan fingerprint density at radius 3 is 2.76 bits per heavy atom. The molecule has 1 aliphatic heterocycles. The molecule has 1 aliphatic rings. The van der Waals surface area contributed by atoms with E-state index >= 15 is 0 Å². The molecule has 3 aromatic rings. The Hall–Kier alpha value is -2.81. The normalized spacial score (nSPS) is 14.2. The second-order valence-corrected chi connectivity index (χ2v) is 6.59. The predicted molar refractivity (Wildman–Crippen MR) is 95.4 cm³/mol. The number of benzene rings is 1. The van der Waals surface area contributed by atoms with Gasteiger partial charge in [0.25, 0.3) is 0 Å². The maximum atomic E-state index is 12.3. The first-order valence-corrected chi connectivity index (χ1v) is 8.47. The van der Waals surface area contributed by atoms with Crippen LogP contribution in [-0.4, -0.2) is 43.7 Å². The standard InChI is InChI=1S/C16H14BrN7O/c17-12-2-1-3-13(4-12)22-16(25)11-6-23(7-11)14-5-15(20-9-19-14)24-10-18-8-21-24/h1-5,8-11H,6-7H2,(H,22,25). The van der Waals surface area contributed by atoms with E-state index in [0.717, 1.165) is 16.0 Å². The van der Waals surface area contributed by atoms with Gasteiger partial charge in [0.2, 0.25) is 5.91 Å². The van der Waals surface area contributed by atoms with Crippen LogP contribution in [0.15, 0.2) is 53.8 Å². The van der Waals surface area contributed by atoms with Gasteiger partial charge in [-0.15, -0.1) is 0 Å². The number of rotatable bonds is 4. The lowest BCUT2D eigenvalue weighted by Gasteiger charge is -2.39. The van der Waals surface area contributed by atoms with Gasteiger partial charge < -0.3 is 10.2 Å². The number of nitrogens with one attached hydrogen (secondary N) is 1. The van der Waals surface area contributed by atoms with Crippen molar-refractivity contribution in [2.75, 3.05) is 23.3 Å². The number of hydrogen-bond donors (Lipinski definition) is 1. The second-order valence-electron chi connectivity index (χ2n) is 5.68. The zero-order valence-corrected chi connectivity index (χ0v) is 14.7. The Kier molecular flexibility index (Phi) is 4.14. The summed E-state index contributed by atoms with van der Waals surface area (Å²) in [6, 6.07) is 9.38. The molecule has 0 radical (unpaired) electrons. The minimum absolute atomic E-state index is 0.0138. The van der Waals surface area contributed by atoms with Crippen LogP contribution in [0, 0.1) is 5.92 Å². The smallest absolute Gasteiger partial charge is 0.231 e. The molecular weight excluding hydrogens is 386 g/mol. The second kappa shape index (κ2) is 6.60. The number of hydrogen-bond acceptors (Lipinski definition) is 6. The molecule has 25 heavy (non-hydrogen) atoms. The molecule has 2 aromatic heterocycles. The Bertz CT molecular complexity index is 893. The number of halogens is 1. The highest BCUT2D eigenvalue weighted by atomic mass is 79.9. The number of carbonyl (C=O) groups excluding carboxylic acids is 1. The number of anilines is 2. The molecule has 8 nitrogen and oxygen atoms in total. The van der Waals surface area contributed by atoms with Gasteiger partial charge in [-0.05, 0) is 18.2 Å². The fraction of sp³-hybridized carbons (Fsp3) is 0.188. The van der Waals surface area contributed by atoms with Crippen LogP contribution in [0.3, 0.4) is 0 Å². The maximum absolute atomic E-state index is 12.3. The van der Waals surface area contributed by atoms with Gasteiger partial charge in [0, 0.05) is 29.3 Å². The molecular formula is C16H14BrN7O. The summed E-state index contributed by atoms with van der Waals surface area (Å²) in [6.07, 6.45) is 4.52. The van der Waals surface area contributed by atoms with Gasteiger partial charge in [-0.2, -0.15) is 5.10 Å². The van der Waals surface area contributed by atoms with Crippen LogP contribution in [0.2, 0.25) is 0 Å². The fourth-order valence-corrected chi connectivity index (χ4v) is 3.00. The number of aromatic nitrogens is 5. The van der Waals surface area contributed by atoms with E-state index in [1.54, 1.807) is 11.0 Å². The van der Waals surface area contributed by atoms with E-state index in [9.17, 15) is 4.79 Å². The highest BCUT2D eigenvalue weighted by Gasteiger charge is 2.33. The third-order valence-corrected chi connectivity index (χ3v) is 4.45. The number of amides is 1. The largest absolute Gasteiger partial charge is 0.355 e. The van der Waals surface area contributed by atoms with Crippen LogP contribution < -0.4 is 10.2 Å². The fourth-order valence-electron chi connectivity index (χ4n) is 2.60. The van der Waals surface area contributed by atoms with E-state index in [0.29, 0.717) is 18.9 Å². The lowest BCUT2D eigenvalue weighted by molar-refractivity contribution is -0.120. The summed E-state index contributed by atoms with van der Waals surface area (Å²) in [6.45, 7) is 1.24. The first kappa shape index (κ1) is 15.7. The quantitative estimate of drug-likeness (QED) is 0.720. The van der Waals surface area contributed by atoms with E-state index in [4.69, 9.17) is 0 Å². The van der Waals surface area contributed by atoms with Crippen molar-refractivity contribution >= 4 is 33.3 Å². The molecule has 3 heterocycles. The molecule has 0 aliphatic carbocycles. The molecule has 9 heteroatoms. The summed E-state index contributed by atoms with van der Waals surface area (Å²) < 4.78 is 2.50. The predicted octanol–water partition coefficient (Wildman–Crippen LogP) is 1.89. The van der Waals surface area contributed by atoms with Crippen molar-refractivity contribution in [3.63, 3.8) is 0 Å². The third kappa shape index (κ3) is 3.36. The van der Waals surface area contributed by atoms with Crippen molar-refractivity contribution < 1.29 is 4.79 Å². The Morgan fingerprint density at radius 1 is 1.16 bits per heavy atom. The summed E-state index contributed by atoms with van der Waals surface area (Å²) in [4.78, 5) is 26.7. The van der Waals surface area contributed by atoms with Crippen LogP contribution in [0.5, 0.6) is 0 Å². The van der Waals surface area contributed by atoms with Crippen LogP contribution in [-0.2, 0) is 4.79 Å². The summed E-state index contributed by atoms with van der Waals surface area (Å²) in [5.41, 5.74) is 0.785. The highest BCUT2D eigenvalue weighted by molar-refractivity contribution is 9.10. The van der Waals surface area contributed by atoms with Crippen LogP contribution in [0.25, 0.3) is 5.82 Å². The third-order valence-electron chi connectivity index (χ3n) is 3.96. The maximum Gasteiger partial charge on any atom is 0.231 e. The van der Waals surface area contributed by atoms with Crippen molar-refractivity contribution in [3.05, 3.63) is 53.8 Å². The molecule has 1 amide bonds. The monoisotopic (exact) mass is 399 g/mol. The van der Waals surface area contributed by atoms with E-state index in [2.05, 4.69) is 41.3 Å². The minimum Gasteiger partial charge on any atom is -0.355 e. The van der Waals surface area contributed by atoms with Gasteiger partial charge in [0.05, 0.1) is 5.92 Å². The van der Waals surface area contributed by atoms with Crippen molar-refractivity contribution in [1.29, 1.82) is 0 Å². The Labute approximate surface area is 152 Å². The lowest BCUT2D eigenvalue weighted by atomic mass is 9.99. The molecule has 1 fully saturated rings. The molecule has 0 saturated carbocycles.